The second-order valence-electron chi connectivity index (χ2n) is 13.2. The Hall–Kier alpha value is -2.13. The van der Waals surface area contributed by atoms with Crippen LogP contribution in [0.1, 0.15) is 62.2 Å². The van der Waals surface area contributed by atoms with Gasteiger partial charge in [-0.3, -0.25) is 14.7 Å². The minimum atomic E-state index is 0.154. The monoisotopic (exact) mass is 549 g/mol. The minimum Gasteiger partial charge on any atom is -0.381 e. The maximum absolute atomic E-state index is 7.18. The fraction of sp³-hybridized carbons (Fsp3) is 0.667. The number of ether oxygens (including phenoxy) is 1. The number of piperazine rings is 1. The highest BCUT2D eigenvalue weighted by molar-refractivity contribution is 6.36. The molecule has 1 aromatic carbocycles. The summed E-state index contributed by atoms with van der Waals surface area (Å²) >= 11 is 7.18. The van der Waals surface area contributed by atoms with E-state index in [2.05, 4.69) is 49.9 Å². The molecule has 0 radical (unpaired) electrons. The van der Waals surface area contributed by atoms with E-state index in [9.17, 15) is 0 Å². The van der Waals surface area contributed by atoms with E-state index in [0.29, 0.717) is 17.5 Å². The van der Waals surface area contributed by atoms with Crippen LogP contribution in [0, 0.1) is 19.3 Å². The number of fused-ring (bicyclic) bond motifs is 1. The van der Waals surface area contributed by atoms with Crippen molar-refractivity contribution < 1.29 is 4.74 Å². The van der Waals surface area contributed by atoms with Crippen LogP contribution >= 0.6 is 11.6 Å². The zero-order chi connectivity index (χ0) is 26.4. The third kappa shape index (κ3) is 3.67. The van der Waals surface area contributed by atoms with Crippen LogP contribution in [0.4, 0.5) is 5.82 Å². The number of hydrogen-bond acceptors (Lipinski definition) is 6. The predicted octanol–water partition coefficient (Wildman–Crippen LogP) is 4.84. The first kappa shape index (κ1) is 24.6. The van der Waals surface area contributed by atoms with Crippen LogP contribution in [0.3, 0.4) is 0 Å². The van der Waals surface area contributed by atoms with Crippen molar-refractivity contribution in [2.45, 2.75) is 76.4 Å². The van der Waals surface area contributed by atoms with E-state index in [4.69, 9.17) is 21.4 Å². The molecule has 2 N–H and O–H groups in total. The van der Waals surface area contributed by atoms with Crippen molar-refractivity contribution in [1.82, 2.24) is 30.2 Å². The number of rotatable bonds is 4. The number of aromatic amines is 1. The normalized spacial score (nSPS) is 25.3. The molecule has 0 atom stereocenters. The molecular formula is C30H40ClN7O. The quantitative estimate of drug-likeness (QED) is 0.485. The predicted molar refractivity (Wildman–Crippen MR) is 155 cm³/mol. The highest BCUT2D eigenvalue weighted by atomic mass is 35.5. The van der Waals surface area contributed by atoms with Gasteiger partial charge in [-0.1, -0.05) is 11.6 Å². The Balaban J connectivity index is 1.24. The molecule has 2 saturated carbocycles. The Labute approximate surface area is 235 Å². The van der Waals surface area contributed by atoms with E-state index in [1.165, 1.54) is 43.4 Å². The van der Waals surface area contributed by atoms with Gasteiger partial charge in [-0.05, 0) is 75.8 Å². The summed E-state index contributed by atoms with van der Waals surface area (Å²) in [4.78, 5) is 5.48. The molecule has 5 aliphatic rings. The van der Waals surface area contributed by atoms with Crippen molar-refractivity contribution in [2.75, 3.05) is 50.8 Å². The molecule has 5 heterocycles. The van der Waals surface area contributed by atoms with Crippen LogP contribution in [-0.4, -0.2) is 82.4 Å². The summed E-state index contributed by atoms with van der Waals surface area (Å²) in [5.74, 6) is 1.14. The maximum atomic E-state index is 7.18. The third-order valence-electron chi connectivity index (χ3n) is 10.9. The van der Waals surface area contributed by atoms with Gasteiger partial charge in [0.15, 0.2) is 5.82 Å². The average molecular weight is 550 g/mol. The summed E-state index contributed by atoms with van der Waals surface area (Å²) in [6, 6.07) is 3.23. The van der Waals surface area contributed by atoms with E-state index >= 15 is 0 Å². The number of halogens is 1. The summed E-state index contributed by atoms with van der Waals surface area (Å²) in [6.07, 6.45) is 10.5. The van der Waals surface area contributed by atoms with Crippen molar-refractivity contribution in [3.8, 4) is 11.1 Å². The Morgan fingerprint density at radius 2 is 1.85 bits per heavy atom. The SMILES string of the molecule is Cc1cc2[nH]ncc2c(-c2c(N3CCN(C4CCOCC4)CC34CCC4)nn(C3CC4(CNC4)C3)c2C)c1Cl. The standard InChI is InChI=1S/C30H40ClN7O/c1-19-12-24-23(15-33-34-24)26(27(19)31)25-20(2)38(22-13-29(14-22)16-32-17-29)35-28(25)37-9-8-36(18-30(37)6-3-7-30)21-4-10-39-11-5-21/h12,15,21-22,32H,3-11,13-14,16-18H2,1-2H3,(H,33,34). The van der Waals surface area contributed by atoms with Gasteiger partial charge in [0.25, 0.3) is 0 Å². The molecule has 3 aromatic rings. The number of nitrogens with zero attached hydrogens (tertiary/aromatic N) is 5. The van der Waals surface area contributed by atoms with Gasteiger partial charge in [-0.15, -0.1) is 0 Å². The molecule has 208 valence electrons. The molecule has 3 aliphatic heterocycles. The summed E-state index contributed by atoms with van der Waals surface area (Å²) in [5.41, 5.74) is 6.32. The molecule has 3 saturated heterocycles. The van der Waals surface area contributed by atoms with Crippen molar-refractivity contribution in [1.29, 1.82) is 0 Å². The molecule has 0 unspecified atom stereocenters. The summed E-state index contributed by atoms with van der Waals surface area (Å²) in [7, 11) is 0. The van der Waals surface area contributed by atoms with Gasteiger partial charge in [0.2, 0.25) is 0 Å². The number of H-pyrrole nitrogens is 1. The molecule has 0 amide bonds. The lowest BCUT2D eigenvalue weighted by Gasteiger charge is -2.58. The van der Waals surface area contributed by atoms with E-state index in [1.807, 2.05) is 6.20 Å². The summed E-state index contributed by atoms with van der Waals surface area (Å²) in [5, 5.41) is 18.6. The number of benzene rings is 1. The second kappa shape index (κ2) is 8.93. The van der Waals surface area contributed by atoms with Crippen LogP contribution < -0.4 is 10.2 Å². The number of aryl methyl sites for hydroxylation is 1. The lowest BCUT2D eigenvalue weighted by molar-refractivity contribution is 0.000316. The largest absolute Gasteiger partial charge is 0.381 e. The lowest BCUT2D eigenvalue weighted by atomic mass is 9.61. The van der Waals surface area contributed by atoms with E-state index in [-0.39, 0.29) is 5.54 Å². The van der Waals surface area contributed by atoms with Gasteiger partial charge in [0.1, 0.15) is 0 Å². The van der Waals surface area contributed by atoms with E-state index < -0.39 is 0 Å². The first-order valence-corrected chi connectivity index (χ1v) is 15.4. The third-order valence-corrected chi connectivity index (χ3v) is 11.3. The average Bonchev–Trinajstić information content (AvgIpc) is 3.47. The first-order chi connectivity index (χ1) is 19.0. The van der Waals surface area contributed by atoms with Crippen LogP contribution in [0.2, 0.25) is 5.02 Å². The van der Waals surface area contributed by atoms with Crippen LogP contribution in [0.25, 0.3) is 22.0 Å². The zero-order valence-electron chi connectivity index (χ0n) is 23.2. The van der Waals surface area contributed by atoms with E-state index in [0.717, 1.165) is 91.6 Å². The smallest absolute Gasteiger partial charge is 0.159 e. The molecule has 0 bridgehead atoms. The van der Waals surface area contributed by atoms with Crippen molar-refractivity contribution in [3.63, 3.8) is 0 Å². The molecule has 2 aliphatic carbocycles. The fourth-order valence-corrected chi connectivity index (χ4v) is 8.63. The summed E-state index contributed by atoms with van der Waals surface area (Å²) < 4.78 is 8.07. The Bertz CT molecular complexity index is 1410. The number of aromatic nitrogens is 4. The van der Waals surface area contributed by atoms with E-state index in [1.54, 1.807) is 0 Å². The Morgan fingerprint density at radius 1 is 1.05 bits per heavy atom. The van der Waals surface area contributed by atoms with Crippen molar-refractivity contribution >= 4 is 28.3 Å². The van der Waals surface area contributed by atoms with Gasteiger partial charge in [0.05, 0.1) is 28.3 Å². The van der Waals surface area contributed by atoms with Gasteiger partial charge in [-0.2, -0.15) is 10.2 Å². The second-order valence-corrected chi connectivity index (χ2v) is 13.5. The Morgan fingerprint density at radius 3 is 2.54 bits per heavy atom. The molecule has 8 rings (SSSR count). The first-order valence-electron chi connectivity index (χ1n) is 15.0. The highest BCUT2D eigenvalue weighted by Crippen LogP contribution is 2.54. The summed E-state index contributed by atoms with van der Waals surface area (Å²) in [6.45, 7) is 11.7. The molecule has 2 spiro atoms. The number of hydrogen-bond donors (Lipinski definition) is 2. The Kier molecular flexibility index (Phi) is 5.65. The topological polar surface area (TPSA) is 74.2 Å². The fourth-order valence-electron chi connectivity index (χ4n) is 8.38. The van der Waals surface area contributed by atoms with Crippen LogP contribution in [-0.2, 0) is 4.74 Å². The maximum Gasteiger partial charge on any atom is 0.159 e. The van der Waals surface area contributed by atoms with Crippen LogP contribution in [0.15, 0.2) is 12.3 Å². The van der Waals surface area contributed by atoms with Gasteiger partial charge in [0, 0.05) is 74.2 Å². The molecule has 8 nitrogen and oxygen atoms in total. The minimum absolute atomic E-state index is 0.154. The molecule has 5 fully saturated rings. The lowest BCUT2D eigenvalue weighted by Crippen LogP contribution is -2.67. The van der Waals surface area contributed by atoms with Crippen LogP contribution in [0.5, 0.6) is 0 Å². The molecule has 39 heavy (non-hydrogen) atoms. The molecule has 2 aromatic heterocycles. The molecular weight excluding hydrogens is 510 g/mol. The van der Waals surface area contributed by atoms with Gasteiger partial charge in [-0.25, -0.2) is 0 Å². The zero-order valence-corrected chi connectivity index (χ0v) is 24.0. The van der Waals surface area contributed by atoms with Crippen molar-refractivity contribution in [2.24, 2.45) is 5.41 Å². The highest BCUT2D eigenvalue weighted by Gasteiger charge is 2.52. The molecule has 9 heteroatoms. The number of nitrogens with one attached hydrogen (secondary N) is 2. The number of anilines is 1. The van der Waals surface area contributed by atoms with Gasteiger partial charge < -0.3 is 15.0 Å². The van der Waals surface area contributed by atoms with Gasteiger partial charge >= 0.3 is 0 Å². The van der Waals surface area contributed by atoms with Crippen molar-refractivity contribution in [3.05, 3.63) is 28.5 Å².